The number of rotatable bonds is 6. The molecule has 0 fully saturated rings. The number of para-hydroxylation sites is 1. The van der Waals surface area contributed by atoms with E-state index < -0.39 is 5.82 Å². The first-order valence-electron chi connectivity index (χ1n) is 8.00. The van der Waals surface area contributed by atoms with Gasteiger partial charge in [0.1, 0.15) is 5.82 Å². The van der Waals surface area contributed by atoms with Crippen LogP contribution in [0, 0.1) is 12.7 Å². The lowest BCUT2D eigenvalue weighted by Gasteiger charge is -2.13. The molecular formula is C19H19FN4O2. The number of hydrogen-bond acceptors (Lipinski definition) is 6. The number of aliphatic hydroxyl groups is 1. The van der Waals surface area contributed by atoms with Crippen molar-refractivity contribution in [2.24, 2.45) is 0 Å². The van der Waals surface area contributed by atoms with E-state index in [9.17, 15) is 9.50 Å². The summed E-state index contributed by atoms with van der Waals surface area (Å²) in [6.07, 6.45) is 1.54. The maximum absolute atomic E-state index is 13.9. The van der Waals surface area contributed by atoms with Gasteiger partial charge in [-0.15, -0.1) is 0 Å². The van der Waals surface area contributed by atoms with Crippen LogP contribution in [0.25, 0.3) is 0 Å². The van der Waals surface area contributed by atoms with Gasteiger partial charge in [-0.1, -0.05) is 18.2 Å². The minimum Gasteiger partial charge on any atom is -0.494 e. The zero-order chi connectivity index (χ0) is 18.5. The lowest BCUT2D eigenvalue weighted by atomic mass is 10.2. The standard InChI is InChI=1S/C19H19FN4O2/c1-12-8-15(9-16(26-2)17(12)20)23-19-21-10-13(11-25)18(24-19)22-14-6-4-3-5-7-14/h3-10,25H,11H2,1-2H3,(H2,21,22,23,24). The molecule has 0 aliphatic carbocycles. The summed E-state index contributed by atoms with van der Waals surface area (Å²) < 4.78 is 18.9. The predicted molar refractivity (Wildman–Crippen MR) is 98.7 cm³/mol. The number of methoxy groups -OCH3 is 1. The number of benzene rings is 2. The van der Waals surface area contributed by atoms with Crippen LogP contribution in [0.3, 0.4) is 0 Å². The van der Waals surface area contributed by atoms with Gasteiger partial charge < -0.3 is 20.5 Å². The number of halogens is 1. The Kier molecular flexibility index (Phi) is 5.28. The first-order valence-corrected chi connectivity index (χ1v) is 8.00. The van der Waals surface area contributed by atoms with E-state index >= 15 is 0 Å². The quantitative estimate of drug-likeness (QED) is 0.623. The number of anilines is 4. The van der Waals surface area contributed by atoms with Crippen molar-refractivity contribution in [1.82, 2.24) is 9.97 Å². The highest BCUT2D eigenvalue weighted by atomic mass is 19.1. The first kappa shape index (κ1) is 17.6. The molecule has 0 atom stereocenters. The van der Waals surface area contributed by atoms with E-state index in [0.717, 1.165) is 5.69 Å². The van der Waals surface area contributed by atoms with Crippen LogP contribution < -0.4 is 15.4 Å². The average molecular weight is 354 g/mol. The van der Waals surface area contributed by atoms with Crippen molar-refractivity contribution in [3.05, 3.63) is 65.6 Å². The highest BCUT2D eigenvalue weighted by molar-refractivity contribution is 5.63. The molecule has 0 unspecified atom stereocenters. The molecule has 0 saturated heterocycles. The van der Waals surface area contributed by atoms with Crippen molar-refractivity contribution < 1.29 is 14.2 Å². The van der Waals surface area contributed by atoms with Crippen LogP contribution in [0.4, 0.5) is 27.5 Å². The Balaban J connectivity index is 1.89. The molecule has 1 heterocycles. The summed E-state index contributed by atoms with van der Waals surface area (Å²) in [5, 5.41) is 15.7. The van der Waals surface area contributed by atoms with Crippen molar-refractivity contribution in [1.29, 1.82) is 0 Å². The third-order valence-electron chi connectivity index (χ3n) is 3.77. The van der Waals surface area contributed by atoms with Crippen LogP contribution in [0.2, 0.25) is 0 Å². The van der Waals surface area contributed by atoms with Gasteiger partial charge >= 0.3 is 0 Å². The molecule has 134 valence electrons. The van der Waals surface area contributed by atoms with E-state index in [2.05, 4.69) is 20.6 Å². The van der Waals surface area contributed by atoms with Gasteiger partial charge in [-0.25, -0.2) is 9.37 Å². The molecule has 3 aromatic rings. The Morgan fingerprint density at radius 1 is 1.12 bits per heavy atom. The smallest absolute Gasteiger partial charge is 0.229 e. The molecule has 0 amide bonds. The van der Waals surface area contributed by atoms with Crippen molar-refractivity contribution in [2.75, 3.05) is 17.7 Å². The Bertz CT molecular complexity index is 904. The molecule has 0 radical (unpaired) electrons. The fourth-order valence-electron chi connectivity index (χ4n) is 2.44. The van der Waals surface area contributed by atoms with Crippen molar-refractivity contribution in [3.8, 4) is 5.75 Å². The lowest BCUT2D eigenvalue weighted by Crippen LogP contribution is -2.05. The summed E-state index contributed by atoms with van der Waals surface area (Å²) in [4.78, 5) is 8.61. The molecule has 0 saturated carbocycles. The largest absolute Gasteiger partial charge is 0.494 e. The second-order valence-electron chi connectivity index (χ2n) is 5.65. The molecular weight excluding hydrogens is 335 g/mol. The second-order valence-corrected chi connectivity index (χ2v) is 5.65. The monoisotopic (exact) mass is 354 g/mol. The number of aliphatic hydroxyl groups excluding tert-OH is 1. The highest BCUT2D eigenvalue weighted by Gasteiger charge is 2.11. The molecule has 2 aromatic carbocycles. The van der Waals surface area contributed by atoms with Crippen LogP contribution in [0.1, 0.15) is 11.1 Å². The third-order valence-corrected chi connectivity index (χ3v) is 3.77. The summed E-state index contributed by atoms with van der Waals surface area (Å²) >= 11 is 0. The molecule has 1 aromatic heterocycles. The van der Waals surface area contributed by atoms with E-state index in [-0.39, 0.29) is 12.4 Å². The lowest BCUT2D eigenvalue weighted by molar-refractivity contribution is 0.281. The Morgan fingerprint density at radius 3 is 2.58 bits per heavy atom. The van der Waals surface area contributed by atoms with Gasteiger partial charge in [0.25, 0.3) is 0 Å². The molecule has 0 aliphatic heterocycles. The molecule has 0 spiro atoms. The van der Waals surface area contributed by atoms with E-state index in [1.807, 2.05) is 30.3 Å². The maximum Gasteiger partial charge on any atom is 0.229 e. The van der Waals surface area contributed by atoms with Crippen molar-refractivity contribution in [3.63, 3.8) is 0 Å². The van der Waals surface area contributed by atoms with Gasteiger partial charge in [-0.2, -0.15) is 4.98 Å². The molecule has 26 heavy (non-hydrogen) atoms. The van der Waals surface area contributed by atoms with Gasteiger partial charge in [0.2, 0.25) is 5.95 Å². The fourth-order valence-corrected chi connectivity index (χ4v) is 2.44. The second kappa shape index (κ2) is 7.79. The minimum atomic E-state index is -0.402. The van der Waals surface area contributed by atoms with E-state index in [1.165, 1.54) is 19.4 Å². The number of hydrogen-bond donors (Lipinski definition) is 3. The zero-order valence-electron chi connectivity index (χ0n) is 14.5. The SMILES string of the molecule is COc1cc(Nc2ncc(CO)c(Nc3ccccc3)n2)cc(C)c1F. The van der Waals surface area contributed by atoms with Crippen molar-refractivity contribution >= 4 is 23.1 Å². The minimum absolute atomic E-state index is 0.141. The van der Waals surface area contributed by atoms with E-state index in [4.69, 9.17) is 4.74 Å². The van der Waals surface area contributed by atoms with Crippen LogP contribution in [-0.4, -0.2) is 22.2 Å². The van der Waals surface area contributed by atoms with Crippen molar-refractivity contribution in [2.45, 2.75) is 13.5 Å². The number of aryl methyl sites for hydroxylation is 1. The van der Waals surface area contributed by atoms with Gasteiger partial charge in [0, 0.05) is 29.2 Å². The van der Waals surface area contributed by atoms with Crippen LogP contribution >= 0.6 is 0 Å². The summed E-state index contributed by atoms with van der Waals surface area (Å²) in [6.45, 7) is 1.46. The van der Waals surface area contributed by atoms with Crippen LogP contribution in [-0.2, 0) is 6.61 Å². The third kappa shape index (κ3) is 3.89. The summed E-state index contributed by atoms with van der Waals surface area (Å²) in [7, 11) is 1.41. The Morgan fingerprint density at radius 2 is 1.88 bits per heavy atom. The topological polar surface area (TPSA) is 79.3 Å². The normalized spacial score (nSPS) is 10.5. The molecule has 6 nitrogen and oxygen atoms in total. The van der Waals surface area contributed by atoms with Gasteiger partial charge in [0.05, 0.1) is 13.7 Å². The average Bonchev–Trinajstić information content (AvgIpc) is 2.65. The predicted octanol–water partition coefficient (Wildman–Crippen LogP) is 3.91. The summed E-state index contributed by atoms with van der Waals surface area (Å²) in [5.41, 5.74) is 2.45. The Hall–Kier alpha value is -3.19. The molecule has 0 bridgehead atoms. The summed E-state index contributed by atoms with van der Waals surface area (Å²) in [6, 6.07) is 12.7. The van der Waals surface area contributed by atoms with E-state index in [1.54, 1.807) is 13.0 Å². The molecule has 3 rings (SSSR count). The first-order chi connectivity index (χ1) is 12.6. The summed E-state index contributed by atoms with van der Waals surface area (Å²) in [5.74, 6) is 0.541. The number of nitrogens with one attached hydrogen (secondary N) is 2. The number of nitrogens with zero attached hydrogens (tertiary/aromatic N) is 2. The number of aromatic nitrogens is 2. The van der Waals surface area contributed by atoms with Crippen LogP contribution in [0.15, 0.2) is 48.7 Å². The molecule has 0 aliphatic rings. The van der Waals surface area contributed by atoms with Gasteiger partial charge in [-0.3, -0.25) is 0 Å². The number of ether oxygens (including phenoxy) is 1. The molecule has 3 N–H and O–H groups in total. The van der Waals surface area contributed by atoms with E-state index in [0.29, 0.717) is 28.6 Å². The van der Waals surface area contributed by atoms with Crippen LogP contribution in [0.5, 0.6) is 5.75 Å². The fraction of sp³-hybridized carbons (Fsp3) is 0.158. The van der Waals surface area contributed by atoms with Gasteiger partial charge in [0.15, 0.2) is 11.6 Å². The zero-order valence-corrected chi connectivity index (χ0v) is 14.5. The Labute approximate surface area is 150 Å². The van der Waals surface area contributed by atoms with Gasteiger partial charge in [-0.05, 0) is 30.7 Å². The highest BCUT2D eigenvalue weighted by Crippen LogP contribution is 2.27. The maximum atomic E-state index is 13.9. The molecule has 7 heteroatoms.